The van der Waals surface area contributed by atoms with Gasteiger partial charge < -0.3 is 5.32 Å². The molecule has 0 unspecified atom stereocenters. The Balaban J connectivity index is 2.04. The van der Waals surface area contributed by atoms with Crippen molar-refractivity contribution in [2.45, 2.75) is 10.6 Å². The number of anilines is 1. The lowest BCUT2D eigenvalue weighted by Crippen LogP contribution is -1.92. The summed E-state index contributed by atoms with van der Waals surface area (Å²) in [5, 5.41) is 3.02. The molecule has 0 saturated carbocycles. The fourth-order valence-corrected chi connectivity index (χ4v) is 2.26. The van der Waals surface area contributed by atoms with Gasteiger partial charge in [-0.05, 0) is 30.3 Å². The van der Waals surface area contributed by atoms with E-state index in [1.54, 1.807) is 12.3 Å². The summed E-state index contributed by atoms with van der Waals surface area (Å²) in [6.45, 7) is 0. The quantitative estimate of drug-likeness (QED) is 0.854. The number of nitrogens with one attached hydrogen (secondary N) is 1. The van der Waals surface area contributed by atoms with Gasteiger partial charge in [-0.15, -0.1) is 11.8 Å². The summed E-state index contributed by atoms with van der Waals surface area (Å²) in [5.74, 6) is -1.03. The van der Waals surface area contributed by atoms with Crippen LogP contribution in [0.25, 0.3) is 0 Å². The third kappa shape index (κ3) is 3.20. The summed E-state index contributed by atoms with van der Waals surface area (Å²) >= 11 is 1.42. The Morgan fingerprint density at radius 3 is 2.72 bits per heavy atom. The summed E-state index contributed by atoms with van der Waals surface area (Å²) in [6, 6.07) is 7.68. The first-order chi connectivity index (χ1) is 8.69. The van der Waals surface area contributed by atoms with Crippen molar-refractivity contribution in [3.8, 4) is 0 Å². The van der Waals surface area contributed by atoms with E-state index in [2.05, 4.69) is 10.3 Å². The van der Waals surface area contributed by atoms with E-state index in [1.165, 1.54) is 17.8 Å². The minimum atomic E-state index is -0.824. The maximum absolute atomic E-state index is 13.0. The summed E-state index contributed by atoms with van der Waals surface area (Å²) in [5.41, 5.74) is 1.86. The number of benzene rings is 1. The van der Waals surface area contributed by atoms with Gasteiger partial charge in [-0.3, -0.25) is 4.98 Å². The number of hydrogen-bond acceptors (Lipinski definition) is 3. The molecule has 0 spiro atoms. The lowest BCUT2D eigenvalue weighted by atomic mass is 10.3. The summed E-state index contributed by atoms with van der Waals surface area (Å²) in [4.78, 5) is 4.90. The lowest BCUT2D eigenvalue weighted by Gasteiger charge is -2.04. The van der Waals surface area contributed by atoms with Crippen molar-refractivity contribution in [2.24, 2.45) is 0 Å². The van der Waals surface area contributed by atoms with Gasteiger partial charge in [0.2, 0.25) is 0 Å². The molecule has 1 aromatic carbocycles. The standard InChI is InChI=1S/C13H12F2N2S/c1-16-9-4-5-17-10(6-9)8-18-11-2-3-12(14)13(15)7-11/h2-7H,8H2,1H3,(H,16,17). The van der Waals surface area contributed by atoms with Crippen LogP contribution in [0, 0.1) is 11.6 Å². The van der Waals surface area contributed by atoms with Crippen LogP contribution in [0.2, 0.25) is 0 Å². The lowest BCUT2D eigenvalue weighted by molar-refractivity contribution is 0.506. The van der Waals surface area contributed by atoms with Crippen molar-refractivity contribution >= 4 is 17.4 Å². The molecule has 18 heavy (non-hydrogen) atoms. The maximum Gasteiger partial charge on any atom is 0.159 e. The summed E-state index contributed by atoms with van der Waals surface area (Å²) in [6.07, 6.45) is 1.72. The molecule has 0 aliphatic heterocycles. The van der Waals surface area contributed by atoms with Crippen molar-refractivity contribution < 1.29 is 8.78 Å². The summed E-state index contributed by atoms with van der Waals surface area (Å²) < 4.78 is 25.8. The van der Waals surface area contributed by atoms with E-state index in [9.17, 15) is 8.78 Å². The molecular weight excluding hydrogens is 254 g/mol. The Morgan fingerprint density at radius 2 is 2.00 bits per heavy atom. The van der Waals surface area contributed by atoms with Crippen LogP contribution in [0.15, 0.2) is 41.4 Å². The Labute approximate surface area is 108 Å². The molecule has 2 aromatic rings. The Morgan fingerprint density at radius 1 is 1.17 bits per heavy atom. The third-order valence-corrected chi connectivity index (χ3v) is 3.41. The Hall–Kier alpha value is -1.62. The topological polar surface area (TPSA) is 24.9 Å². The third-order valence-electron chi connectivity index (χ3n) is 2.38. The number of pyridine rings is 1. The van der Waals surface area contributed by atoms with Crippen LogP contribution < -0.4 is 5.32 Å². The van der Waals surface area contributed by atoms with Gasteiger partial charge in [0.05, 0.1) is 5.69 Å². The van der Waals surface area contributed by atoms with Gasteiger partial charge in [-0.25, -0.2) is 8.78 Å². The fraction of sp³-hybridized carbons (Fsp3) is 0.154. The van der Waals surface area contributed by atoms with Crippen LogP contribution in [0.3, 0.4) is 0 Å². The summed E-state index contributed by atoms with van der Waals surface area (Å²) in [7, 11) is 1.83. The van der Waals surface area contributed by atoms with E-state index in [4.69, 9.17) is 0 Å². The van der Waals surface area contributed by atoms with E-state index in [1.807, 2.05) is 19.2 Å². The van der Waals surface area contributed by atoms with E-state index >= 15 is 0 Å². The SMILES string of the molecule is CNc1ccnc(CSc2ccc(F)c(F)c2)c1. The van der Waals surface area contributed by atoms with E-state index in [-0.39, 0.29) is 0 Å². The van der Waals surface area contributed by atoms with Gasteiger partial charge >= 0.3 is 0 Å². The highest BCUT2D eigenvalue weighted by molar-refractivity contribution is 7.98. The zero-order valence-corrected chi connectivity index (χ0v) is 10.6. The monoisotopic (exact) mass is 266 g/mol. The Bertz CT molecular complexity index is 546. The van der Waals surface area contributed by atoms with Gasteiger partial charge in [0, 0.05) is 29.6 Å². The van der Waals surface area contributed by atoms with Gasteiger partial charge in [0.15, 0.2) is 11.6 Å². The molecule has 0 fully saturated rings. The maximum atomic E-state index is 13.0. The first-order valence-electron chi connectivity index (χ1n) is 5.39. The normalized spacial score (nSPS) is 10.4. The number of rotatable bonds is 4. The Kier molecular flexibility index (Phi) is 4.15. The van der Waals surface area contributed by atoms with Gasteiger partial charge in [-0.2, -0.15) is 0 Å². The molecule has 0 aliphatic carbocycles. The molecular formula is C13H12F2N2S. The molecule has 1 N–H and O–H groups in total. The van der Waals surface area contributed by atoms with E-state index < -0.39 is 11.6 Å². The number of aromatic nitrogens is 1. The molecule has 1 heterocycles. The van der Waals surface area contributed by atoms with Crippen LogP contribution in [-0.2, 0) is 5.75 Å². The molecule has 0 radical (unpaired) electrons. The molecule has 0 atom stereocenters. The highest BCUT2D eigenvalue weighted by Crippen LogP contribution is 2.24. The number of nitrogens with zero attached hydrogens (tertiary/aromatic N) is 1. The number of thioether (sulfide) groups is 1. The van der Waals surface area contributed by atoms with Crippen molar-refractivity contribution in [2.75, 3.05) is 12.4 Å². The van der Waals surface area contributed by atoms with Crippen molar-refractivity contribution in [3.05, 3.63) is 53.9 Å². The predicted molar refractivity (Wildman–Crippen MR) is 69.7 cm³/mol. The van der Waals surface area contributed by atoms with Crippen LogP contribution >= 0.6 is 11.8 Å². The second kappa shape index (κ2) is 5.82. The molecule has 0 saturated heterocycles. The van der Waals surface area contributed by atoms with Crippen molar-refractivity contribution in [1.82, 2.24) is 4.98 Å². The fourth-order valence-electron chi connectivity index (χ4n) is 1.44. The van der Waals surface area contributed by atoms with Gasteiger partial charge in [0.1, 0.15) is 0 Å². The minimum absolute atomic E-state index is 0.612. The molecule has 94 valence electrons. The molecule has 0 aliphatic rings. The van der Waals surface area contributed by atoms with E-state index in [0.29, 0.717) is 10.6 Å². The highest BCUT2D eigenvalue weighted by atomic mass is 32.2. The molecule has 0 bridgehead atoms. The molecule has 5 heteroatoms. The van der Waals surface area contributed by atoms with Gasteiger partial charge in [-0.1, -0.05) is 0 Å². The van der Waals surface area contributed by atoms with Crippen LogP contribution in [0.4, 0.5) is 14.5 Å². The number of halogens is 2. The van der Waals surface area contributed by atoms with Crippen molar-refractivity contribution in [3.63, 3.8) is 0 Å². The average Bonchev–Trinajstić information content (AvgIpc) is 2.40. The zero-order chi connectivity index (χ0) is 13.0. The second-order valence-electron chi connectivity index (χ2n) is 3.65. The first kappa shape index (κ1) is 12.8. The van der Waals surface area contributed by atoms with Crippen LogP contribution in [-0.4, -0.2) is 12.0 Å². The second-order valence-corrected chi connectivity index (χ2v) is 4.70. The average molecular weight is 266 g/mol. The first-order valence-corrected chi connectivity index (χ1v) is 6.38. The van der Waals surface area contributed by atoms with Gasteiger partial charge in [0.25, 0.3) is 0 Å². The van der Waals surface area contributed by atoms with Crippen LogP contribution in [0.1, 0.15) is 5.69 Å². The number of hydrogen-bond donors (Lipinski definition) is 1. The van der Waals surface area contributed by atoms with E-state index in [0.717, 1.165) is 17.4 Å². The highest BCUT2D eigenvalue weighted by Gasteiger charge is 2.04. The molecule has 2 rings (SSSR count). The van der Waals surface area contributed by atoms with Crippen LogP contribution in [0.5, 0.6) is 0 Å². The largest absolute Gasteiger partial charge is 0.388 e. The molecule has 2 nitrogen and oxygen atoms in total. The minimum Gasteiger partial charge on any atom is -0.388 e. The zero-order valence-electron chi connectivity index (χ0n) is 9.78. The van der Waals surface area contributed by atoms with Crippen molar-refractivity contribution in [1.29, 1.82) is 0 Å². The molecule has 1 aromatic heterocycles. The smallest absolute Gasteiger partial charge is 0.159 e. The molecule has 0 amide bonds. The predicted octanol–water partition coefficient (Wildman–Crippen LogP) is 3.69.